The Balaban J connectivity index is 0.00000135. The monoisotopic (exact) mass is 534 g/mol. The quantitative estimate of drug-likeness (QED) is 0.227. The summed E-state index contributed by atoms with van der Waals surface area (Å²) in [6.45, 7) is 8.60. The van der Waals surface area contributed by atoms with Crippen LogP contribution in [0.25, 0.3) is 61.8 Å². The van der Waals surface area contributed by atoms with Crippen molar-refractivity contribution in [3.05, 3.63) is 120 Å². The number of fused-ring (bicyclic) bond motifs is 7. The fourth-order valence-corrected chi connectivity index (χ4v) is 6.16. The second-order valence-electron chi connectivity index (χ2n) is 10.5. The Morgan fingerprint density at radius 2 is 1.32 bits per heavy atom. The van der Waals surface area contributed by atoms with Crippen molar-refractivity contribution in [1.29, 1.82) is 0 Å². The molecule has 1 aliphatic rings. The topological polar surface area (TPSA) is 56.7 Å². The summed E-state index contributed by atoms with van der Waals surface area (Å²) in [5, 5.41) is 11.6. The molecular formula is C36H30N4O. The van der Waals surface area contributed by atoms with Crippen molar-refractivity contribution < 1.29 is 4.42 Å². The van der Waals surface area contributed by atoms with Gasteiger partial charge in [0.05, 0.1) is 11.1 Å². The highest BCUT2D eigenvalue weighted by Crippen LogP contribution is 2.55. The summed E-state index contributed by atoms with van der Waals surface area (Å²) in [7, 11) is 0. The molecule has 0 N–H and O–H groups in total. The molecule has 0 unspecified atom stereocenters. The number of hydrogen-bond donors (Lipinski definition) is 0. The third-order valence-electron chi connectivity index (χ3n) is 7.93. The molecule has 5 heteroatoms. The Hall–Kier alpha value is -5.03. The number of aromatic nitrogens is 4. The first kappa shape index (κ1) is 25.0. The van der Waals surface area contributed by atoms with Crippen LogP contribution in [0.1, 0.15) is 38.8 Å². The van der Waals surface area contributed by atoms with Crippen LogP contribution in [-0.4, -0.2) is 19.7 Å². The van der Waals surface area contributed by atoms with Gasteiger partial charge in [-0.3, -0.25) is 4.57 Å². The average Bonchev–Trinajstić information content (AvgIpc) is 3.64. The highest BCUT2D eigenvalue weighted by molar-refractivity contribution is 6.12. The van der Waals surface area contributed by atoms with Gasteiger partial charge in [-0.2, -0.15) is 0 Å². The predicted octanol–water partition coefficient (Wildman–Crippen LogP) is 9.23. The fraction of sp³-hybridized carbons (Fsp3) is 0.139. The summed E-state index contributed by atoms with van der Waals surface area (Å²) in [5.41, 5.74) is 8.82. The molecule has 5 nitrogen and oxygen atoms in total. The molecule has 3 aromatic heterocycles. The molecule has 0 aliphatic heterocycles. The maximum atomic E-state index is 6.65. The molecule has 41 heavy (non-hydrogen) atoms. The number of hydrogen-bond acceptors (Lipinski definition) is 4. The van der Waals surface area contributed by atoms with E-state index >= 15 is 0 Å². The van der Waals surface area contributed by atoms with Gasteiger partial charge in [-0.25, -0.2) is 4.98 Å². The van der Waals surface area contributed by atoms with Gasteiger partial charge >= 0.3 is 0 Å². The number of furan rings is 1. The van der Waals surface area contributed by atoms with Crippen molar-refractivity contribution in [1.82, 2.24) is 19.7 Å². The van der Waals surface area contributed by atoms with Crippen LogP contribution in [0.2, 0.25) is 0 Å². The van der Waals surface area contributed by atoms with Gasteiger partial charge in [0.1, 0.15) is 11.3 Å². The lowest BCUT2D eigenvalue weighted by atomic mass is 9.81. The molecule has 7 aromatic rings. The molecular weight excluding hydrogens is 504 g/mol. The van der Waals surface area contributed by atoms with E-state index in [2.05, 4.69) is 72.0 Å². The second-order valence-corrected chi connectivity index (χ2v) is 10.5. The Morgan fingerprint density at radius 3 is 2.07 bits per heavy atom. The van der Waals surface area contributed by atoms with Crippen molar-refractivity contribution in [3.8, 4) is 39.7 Å². The third-order valence-corrected chi connectivity index (χ3v) is 7.93. The standard InChI is InChI=1S/C34H24N4O.C2H6/c1-34(2)25-19-11-9-17-23(25)30-28(34)27-24-18-10-12-20-26(24)39-33(27)38(30)32-29(21-13-5-3-6-14-21)36-37-31(35-32)22-15-7-4-8-16-22;1-2/h3-20H,1-2H3;1-2H3. The lowest BCUT2D eigenvalue weighted by Gasteiger charge is -2.20. The van der Waals surface area contributed by atoms with E-state index in [0.29, 0.717) is 17.3 Å². The molecule has 0 atom stereocenters. The number of rotatable bonds is 3. The Labute approximate surface area is 239 Å². The normalized spacial score (nSPS) is 13.1. The maximum Gasteiger partial charge on any atom is 0.214 e. The van der Waals surface area contributed by atoms with Crippen LogP contribution in [-0.2, 0) is 5.41 Å². The smallest absolute Gasteiger partial charge is 0.214 e. The highest BCUT2D eigenvalue weighted by atomic mass is 16.3. The fourth-order valence-electron chi connectivity index (χ4n) is 6.16. The molecule has 0 bridgehead atoms. The Morgan fingerprint density at radius 1 is 0.683 bits per heavy atom. The van der Waals surface area contributed by atoms with Gasteiger partial charge in [-0.1, -0.05) is 131 Å². The van der Waals surface area contributed by atoms with E-state index < -0.39 is 0 Å². The average molecular weight is 535 g/mol. The largest absolute Gasteiger partial charge is 0.439 e. The molecule has 1 aliphatic carbocycles. The Bertz CT molecular complexity index is 2040. The van der Waals surface area contributed by atoms with Crippen molar-refractivity contribution in [2.75, 3.05) is 0 Å². The van der Waals surface area contributed by atoms with Gasteiger partial charge in [0, 0.05) is 33.1 Å². The van der Waals surface area contributed by atoms with Gasteiger partial charge in [-0.05, 0) is 11.6 Å². The maximum absolute atomic E-state index is 6.65. The van der Waals surface area contributed by atoms with Crippen LogP contribution in [0.15, 0.2) is 114 Å². The minimum absolute atomic E-state index is 0.225. The number of benzene rings is 4. The van der Waals surface area contributed by atoms with Crippen LogP contribution >= 0.6 is 0 Å². The van der Waals surface area contributed by atoms with Crippen molar-refractivity contribution >= 4 is 22.1 Å². The first-order valence-corrected chi connectivity index (χ1v) is 14.1. The van der Waals surface area contributed by atoms with Crippen LogP contribution < -0.4 is 0 Å². The van der Waals surface area contributed by atoms with Crippen LogP contribution in [0.3, 0.4) is 0 Å². The van der Waals surface area contributed by atoms with Crippen LogP contribution in [0.5, 0.6) is 0 Å². The van der Waals surface area contributed by atoms with E-state index in [0.717, 1.165) is 38.9 Å². The zero-order chi connectivity index (χ0) is 28.1. The second kappa shape index (κ2) is 9.56. The summed E-state index contributed by atoms with van der Waals surface area (Å²) in [4.78, 5) is 5.21. The lowest BCUT2D eigenvalue weighted by Crippen LogP contribution is -2.14. The summed E-state index contributed by atoms with van der Waals surface area (Å²) in [6.07, 6.45) is 0. The van der Waals surface area contributed by atoms with Gasteiger partial charge < -0.3 is 4.42 Å². The van der Waals surface area contributed by atoms with E-state index in [1.165, 1.54) is 16.7 Å². The van der Waals surface area contributed by atoms with E-state index in [4.69, 9.17) is 14.5 Å². The van der Waals surface area contributed by atoms with Crippen molar-refractivity contribution in [2.45, 2.75) is 33.1 Å². The van der Waals surface area contributed by atoms with Crippen molar-refractivity contribution in [2.24, 2.45) is 0 Å². The molecule has 3 heterocycles. The molecule has 0 radical (unpaired) electrons. The molecule has 0 amide bonds. The zero-order valence-corrected chi connectivity index (χ0v) is 23.6. The summed E-state index contributed by atoms with van der Waals surface area (Å²) in [5.74, 6) is 1.27. The van der Waals surface area contributed by atoms with Crippen LogP contribution in [0, 0.1) is 0 Å². The zero-order valence-electron chi connectivity index (χ0n) is 23.6. The lowest BCUT2D eigenvalue weighted by molar-refractivity contribution is 0.641. The van der Waals surface area contributed by atoms with Gasteiger partial charge in [0.15, 0.2) is 11.6 Å². The first-order valence-electron chi connectivity index (χ1n) is 14.1. The molecule has 4 aromatic carbocycles. The van der Waals surface area contributed by atoms with E-state index in [1.807, 2.05) is 74.5 Å². The van der Waals surface area contributed by atoms with E-state index in [9.17, 15) is 0 Å². The van der Waals surface area contributed by atoms with Crippen molar-refractivity contribution in [3.63, 3.8) is 0 Å². The molecule has 200 valence electrons. The summed E-state index contributed by atoms with van der Waals surface area (Å²) < 4.78 is 8.84. The molecule has 8 rings (SSSR count). The molecule has 0 spiro atoms. The van der Waals surface area contributed by atoms with Crippen LogP contribution in [0.4, 0.5) is 0 Å². The van der Waals surface area contributed by atoms with E-state index in [-0.39, 0.29) is 5.41 Å². The molecule has 0 saturated heterocycles. The summed E-state index contributed by atoms with van der Waals surface area (Å²) >= 11 is 0. The van der Waals surface area contributed by atoms with Gasteiger partial charge in [0.2, 0.25) is 5.71 Å². The minimum atomic E-state index is -0.225. The predicted molar refractivity (Wildman–Crippen MR) is 166 cm³/mol. The Kier molecular flexibility index (Phi) is 5.82. The van der Waals surface area contributed by atoms with Gasteiger partial charge in [-0.15, -0.1) is 10.2 Å². The summed E-state index contributed by atoms with van der Waals surface area (Å²) in [6, 6.07) is 37.1. The SMILES string of the molecule is CC.CC1(C)c2ccccc2-c2c1c1c3ccccc3oc1n2-c1nc(-c2ccccc2)nnc1-c1ccccc1. The molecule has 0 fully saturated rings. The minimum Gasteiger partial charge on any atom is -0.439 e. The van der Waals surface area contributed by atoms with E-state index in [1.54, 1.807) is 0 Å². The van der Waals surface area contributed by atoms with Gasteiger partial charge in [0.25, 0.3) is 0 Å². The molecule has 0 saturated carbocycles. The third kappa shape index (κ3) is 3.66. The highest BCUT2D eigenvalue weighted by Gasteiger charge is 2.43. The number of nitrogens with zero attached hydrogens (tertiary/aromatic N) is 4. The first-order chi connectivity index (χ1) is 20.1. The number of para-hydroxylation sites is 1.